The van der Waals surface area contributed by atoms with Crippen LogP contribution in [0.2, 0.25) is 0 Å². The Morgan fingerprint density at radius 3 is 2.48 bits per heavy atom. The second kappa shape index (κ2) is 8.05. The van der Waals surface area contributed by atoms with Crippen LogP contribution in [-0.2, 0) is 10.0 Å². The standard InChI is InChI=1S/C21H15F2N3O3S2/c1-12-2-4-13(5-3-12)20(27)25-21-24-17-11-15(7-9-18(17)30-21)26-31(28,29)19-10-14(22)6-8-16(19)23/h2-11,26H,1H3,(H,24,25,27). The van der Waals surface area contributed by atoms with Crippen molar-refractivity contribution in [2.45, 2.75) is 11.8 Å². The minimum absolute atomic E-state index is 0.123. The molecule has 6 nitrogen and oxygen atoms in total. The zero-order valence-electron chi connectivity index (χ0n) is 16.0. The number of rotatable bonds is 5. The minimum Gasteiger partial charge on any atom is -0.298 e. The Morgan fingerprint density at radius 1 is 1.00 bits per heavy atom. The Morgan fingerprint density at radius 2 is 1.74 bits per heavy atom. The van der Waals surface area contributed by atoms with E-state index in [0.29, 0.717) is 27.0 Å². The van der Waals surface area contributed by atoms with Gasteiger partial charge in [-0.1, -0.05) is 29.0 Å². The number of hydrogen-bond acceptors (Lipinski definition) is 5. The van der Waals surface area contributed by atoms with E-state index in [1.54, 1.807) is 18.2 Å². The summed E-state index contributed by atoms with van der Waals surface area (Å²) >= 11 is 1.22. The number of benzene rings is 3. The monoisotopic (exact) mass is 459 g/mol. The smallest absolute Gasteiger partial charge is 0.264 e. The van der Waals surface area contributed by atoms with Crippen molar-refractivity contribution in [1.29, 1.82) is 0 Å². The number of aromatic nitrogens is 1. The third-order valence-electron chi connectivity index (χ3n) is 4.36. The lowest BCUT2D eigenvalue weighted by atomic mass is 10.1. The molecule has 1 aromatic heterocycles. The number of halogens is 2. The summed E-state index contributed by atoms with van der Waals surface area (Å²) in [6.07, 6.45) is 0. The molecule has 0 atom stereocenters. The number of thiazole rings is 1. The molecule has 4 aromatic rings. The number of aryl methyl sites for hydroxylation is 1. The van der Waals surface area contributed by atoms with Gasteiger partial charge in [-0.05, 0) is 55.5 Å². The number of nitrogens with zero attached hydrogens (tertiary/aromatic N) is 1. The molecule has 0 unspecified atom stereocenters. The van der Waals surface area contributed by atoms with Crippen molar-refractivity contribution in [2.75, 3.05) is 10.0 Å². The van der Waals surface area contributed by atoms with Crippen LogP contribution in [0.3, 0.4) is 0 Å². The number of amides is 1. The van der Waals surface area contributed by atoms with E-state index in [1.807, 2.05) is 19.1 Å². The van der Waals surface area contributed by atoms with E-state index in [1.165, 1.54) is 23.5 Å². The zero-order chi connectivity index (χ0) is 22.2. The van der Waals surface area contributed by atoms with Gasteiger partial charge in [0.1, 0.15) is 16.5 Å². The molecule has 0 radical (unpaired) electrons. The molecule has 31 heavy (non-hydrogen) atoms. The normalized spacial score (nSPS) is 11.5. The Bertz CT molecular complexity index is 1400. The van der Waals surface area contributed by atoms with Crippen LogP contribution in [0.4, 0.5) is 19.6 Å². The molecule has 0 spiro atoms. The summed E-state index contributed by atoms with van der Waals surface area (Å²) in [6, 6.07) is 13.8. The lowest BCUT2D eigenvalue weighted by molar-refractivity contribution is 0.102. The van der Waals surface area contributed by atoms with Crippen molar-refractivity contribution in [3.8, 4) is 0 Å². The van der Waals surface area contributed by atoms with Gasteiger partial charge >= 0.3 is 0 Å². The molecule has 158 valence electrons. The molecule has 4 rings (SSSR count). The fraction of sp³-hybridized carbons (Fsp3) is 0.0476. The summed E-state index contributed by atoms with van der Waals surface area (Å²) < 4.78 is 55.1. The van der Waals surface area contributed by atoms with Crippen LogP contribution in [0.25, 0.3) is 10.2 Å². The number of carbonyl (C=O) groups excluding carboxylic acids is 1. The van der Waals surface area contributed by atoms with Gasteiger partial charge in [0.25, 0.3) is 15.9 Å². The maximum Gasteiger partial charge on any atom is 0.264 e. The van der Waals surface area contributed by atoms with Crippen LogP contribution >= 0.6 is 11.3 Å². The van der Waals surface area contributed by atoms with E-state index < -0.39 is 26.6 Å². The quantitative estimate of drug-likeness (QED) is 0.443. The van der Waals surface area contributed by atoms with E-state index in [0.717, 1.165) is 17.7 Å². The van der Waals surface area contributed by atoms with Gasteiger partial charge in [0.15, 0.2) is 5.13 Å². The van der Waals surface area contributed by atoms with Gasteiger partial charge < -0.3 is 0 Å². The SMILES string of the molecule is Cc1ccc(C(=O)Nc2nc3cc(NS(=O)(=O)c4cc(F)ccc4F)ccc3s2)cc1. The van der Waals surface area contributed by atoms with Crippen LogP contribution in [-0.4, -0.2) is 19.3 Å². The molecule has 0 aliphatic rings. The molecule has 1 heterocycles. The van der Waals surface area contributed by atoms with Crippen LogP contribution < -0.4 is 10.0 Å². The van der Waals surface area contributed by atoms with Crippen molar-refractivity contribution in [2.24, 2.45) is 0 Å². The Balaban J connectivity index is 1.57. The molecule has 10 heteroatoms. The number of anilines is 2. The van der Waals surface area contributed by atoms with Crippen molar-refractivity contribution in [3.05, 3.63) is 83.4 Å². The lowest BCUT2D eigenvalue weighted by Gasteiger charge is -2.09. The van der Waals surface area contributed by atoms with Crippen molar-refractivity contribution in [1.82, 2.24) is 4.98 Å². The number of sulfonamides is 1. The molecule has 0 bridgehead atoms. The highest BCUT2D eigenvalue weighted by Crippen LogP contribution is 2.29. The van der Waals surface area contributed by atoms with Gasteiger partial charge in [-0.25, -0.2) is 22.2 Å². The first-order valence-corrected chi connectivity index (χ1v) is 11.3. The topological polar surface area (TPSA) is 88.2 Å². The molecule has 0 aliphatic heterocycles. The van der Waals surface area contributed by atoms with Gasteiger partial charge in [0, 0.05) is 5.56 Å². The summed E-state index contributed by atoms with van der Waals surface area (Å²) in [5.74, 6) is -2.25. The average Bonchev–Trinajstić information content (AvgIpc) is 3.11. The maximum atomic E-state index is 13.9. The summed E-state index contributed by atoms with van der Waals surface area (Å²) in [5.41, 5.74) is 2.07. The van der Waals surface area contributed by atoms with Crippen molar-refractivity contribution >= 4 is 48.3 Å². The van der Waals surface area contributed by atoms with E-state index in [-0.39, 0.29) is 11.6 Å². The van der Waals surface area contributed by atoms with Gasteiger partial charge in [0.2, 0.25) is 0 Å². The summed E-state index contributed by atoms with van der Waals surface area (Å²) in [7, 11) is -4.35. The van der Waals surface area contributed by atoms with Crippen LogP contribution in [0, 0.1) is 18.6 Å². The second-order valence-electron chi connectivity index (χ2n) is 6.70. The molecule has 0 saturated heterocycles. The Kier molecular flexibility index (Phi) is 5.42. The molecule has 2 N–H and O–H groups in total. The zero-order valence-corrected chi connectivity index (χ0v) is 17.7. The minimum atomic E-state index is -4.35. The second-order valence-corrected chi connectivity index (χ2v) is 9.38. The Hall–Kier alpha value is -3.37. The van der Waals surface area contributed by atoms with E-state index in [4.69, 9.17) is 0 Å². The predicted molar refractivity (Wildman–Crippen MR) is 116 cm³/mol. The molecule has 0 fully saturated rings. The maximum absolute atomic E-state index is 13.9. The van der Waals surface area contributed by atoms with Gasteiger partial charge in [0.05, 0.1) is 15.9 Å². The number of carbonyl (C=O) groups is 1. The van der Waals surface area contributed by atoms with Crippen molar-refractivity contribution < 1.29 is 22.0 Å². The summed E-state index contributed by atoms with van der Waals surface area (Å²) in [6.45, 7) is 1.92. The molecule has 0 saturated carbocycles. The predicted octanol–water partition coefficient (Wildman–Crippen LogP) is 4.94. The van der Waals surface area contributed by atoms with Crippen molar-refractivity contribution in [3.63, 3.8) is 0 Å². The van der Waals surface area contributed by atoms with E-state index >= 15 is 0 Å². The average molecular weight is 459 g/mol. The van der Waals surface area contributed by atoms with Crippen LogP contribution in [0.15, 0.2) is 65.6 Å². The van der Waals surface area contributed by atoms with E-state index in [9.17, 15) is 22.0 Å². The number of fused-ring (bicyclic) bond motifs is 1. The molecular formula is C21H15F2N3O3S2. The highest BCUT2D eigenvalue weighted by Gasteiger charge is 2.20. The first-order valence-electron chi connectivity index (χ1n) is 8.98. The lowest BCUT2D eigenvalue weighted by Crippen LogP contribution is -2.14. The first kappa shape index (κ1) is 20.9. The van der Waals surface area contributed by atoms with Crippen LogP contribution in [0.5, 0.6) is 0 Å². The van der Waals surface area contributed by atoms with Gasteiger partial charge in [-0.2, -0.15) is 0 Å². The van der Waals surface area contributed by atoms with E-state index in [2.05, 4.69) is 15.0 Å². The first-order chi connectivity index (χ1) is 14.7. The third-order valence-corrected chi connectivity index (χ3v) is 6.70. The fourth-order valence-electron chi connectivity index (χ4n) is 2.81. The molecule has 3 aromatic carbocycles. The number of nitrogens with one attached hydrogen (secondary N) is 2. The third kappa shape index (κ3) is 4.54. The van der Waals surface area contributed by atoms with Crippen LogP contribution in [0.1, 0.15) is 15.9 Å². The fourth-order valence-corrected chi connectivity index (χ4v) is 4.79. The van der Waals surface area contributed by atoms with Gasteiger partial charge in [-0.3, -0.25) is 14.8 Å². The number of hydrogen-bond donors (Lipinski definition) is 2. The highest BCUT2D eigenvalue weighted by molar-refractivity contribution is 7.92. The molecule has 1 amide bonds. The highest BCUT2D eigenvalue weighted by atomic mass is 32.2. The largest absolute Gasteiger partial charge is 0.298 e. The summed E-state index contributed by atoms with van der Waals surface area (Å²) in [5, 5.41) is 3.06. The molecule has 0 aliphatic carbocycles. The Labute approximate surface area is 180 Å². The molecular weight excluding hydrogens is 444 g/mol. The summed E-state index contributed by atoms with van der Waals surface area (Å²) in [4.78, 5) is 15.9. The van der Waals surface area contributed by atoms with Gasteiger partial charge in [-0.15, -0.1) is 0 Å².